The molecule has 4 aromatic rings. The fraction of sp³-hybridized carbons (Fsp3) is 0.115. The summed E-state index contributed by atoms with van der Waals surface area (Å²) >= 11 is 14.8. The summed E-state index contributed by atoms with van der Waals surface area (Å²) in [7, 11) is 1.50. The van der Waals surface area contributed by atoms with Crippen LogP contribution in [0.25, 0.3) is 11.3 Å². The average molecular weight is 577 g/mol. The van der Waals surface area contributed by atoms with Gasteiger partial charge in [-0.25, -0.2) is 14.8 Å². The molecule has 1 heterocycles. The molecule has 6 nitrogen and oxygen atoms in total. The number of ether oxygens (including phenoxy) is 2. The predicted molar refractivity (Wildman–Crippen MR) is 148 cm³/mol. The lowest BCUT2D eigenvalue weighted by Gasteiger charge is -2.12. The molecule has 0 saturated carbocycles. The van der Waals surface area contributed by atoms with Gasteiger partial charge in [-0.15, -0.1) is 11.3 Å². The van der Waals surface area contributed by atoms with Gasteiger partial charge in [0.1, 0.15) is 12.4 Å². The number of carbonyl (C=O) groups excluding carboxylic acids is 1. The van der Waals surface area contributed by atoms with E-state index in [2.05, 4.69) is 15.5 Å². The van der Waals surface area contributed by atoms with E-state index >= 15 is 0 Å². The Morgan fingerprint density at radius 1 is 1.16 bits per heavy atom. The Bertz CT molecular complexity index is 1390. The highest BCUT2D eigenvalue weighted by Gasteiger charge is 2.11. The van der Waals surface area contributed by atoms with Crippen LogP contribution < -0.4 is 14.9 Å². The molecule has 1 aromatic heterocycles. The maximum absolute atomic E-state index is 14.0. The first kappa shape index (κ1) is 26.9. The third kappa shape index (κ3) is 7.45. The topological polar surface area (TPSA) is 72.8 Å². The monoisotopic (exact) mass is 575 g/mol. The zero-order chi connectivity index (χ0) is 26.2. The molecule has 0 fully saturated rings. The van der Waals surface area contributed by atoms with Crippen LogP contribution in [-0.4, -0.2) is 30.0 Å². The lowest BCUT2D eigenvalue weighted by atomic mass is 10.2. The molecule has 0 atom stereocenters. The molecule has 0 bridgehead atoms. The first-order chi connectivity index (χ1) is 17.9. The van der Waals surface area contributed by atoms with Crippen molar-refractivity contribution in [3.05, 3.63) is 93.0 Å². The van der Waals surface area contributed by atoms with Gasteiger partial charge in [-0.3, -0.25) is 4.79 Å². The Morgan fingerprint density at radius 3 is 2.73 bits per heavy atom. The van der Waals surface area contributed by atoms with Crippen LogP contribution in [0.5, 0.6) is 11.5 Å². The molecular formula is C26H20Cl2FN3O3S2. The smallest absolute Gasteiger partial charge is 0.250 e. The second-order valence-electron chi connectivity index (χ2n) is 7.49. The molecule has 0 aliphatic heterocycles. The van der Waals surface area contributed by atoms with Crippen LogP contribution in [0.4, 0.5) is 4.39 Å². The van der Waals surface area contributed by atoms with Gasteiger partial charge in [-0.2, -0.15) is 5.10 Å². The molecule has 0 radical (unpaired) electrons. The molecule has 37 heavy (non-hydrogen) atoms. The number of hydrogen-bond acceptors (Lipinski definition) is 7. The summed E-state index contributed by atoms with van der Waals surface area (Å²) in [5.74, 6) is 0.304. The van der Waals surface area contributed by atoms with Crippen LogP contribution in [-0.2, 0) is 11.4 Å². The molecule has 190 valence electrons. The van der Waals surface area contributed by atoms with E-state index in [9.17, 15) is 9.18 Å². The van der Waals surface area contributed by atoms with Gasteiger partial charge in [0, 0.05) is 21.5 Å². The summed E-state index contributed by atoms with van der Waals surface area (Å²) < 4.78 is 25.8. The molecular weight excluding hydrogens is 556 g/mol. The molecule has 1 amide bonds. The van der Waals surface area contributed by atoms with Crippen molar-refractivity contribution in [1.29, 1.82) is 0 Å². The third-order valence-electron chi connectivity index (χ3n) is 4.97. The molecule has 0 aliphatic carbocycles. The zero-order valence-electron chi connectivity index (χ0n) is 19.4. The van der Waals surface area contributed by atoms with E-state index in [1.54, 1.807) is 24.3 Å². The largest absolute Gasteiger partial charge is 0.493 e. The van der Waals surface area contributed by atoms with E-state index in [-0.39, 0.29) is 28.9 Å². The fourth-order valence-corrected chi connectivity index (χ4v) is 5.09. The third-order valence-corrected chi connectivity index (χ3v) is 7.60. The number of aromatic nitrogens is 1. The number of nitrogens with one attached hydrogen (secondary N) is 1. The highest BCUT2D eigenvalue weighted by molar-refractivity contribution is 8.01. The van der Waals surface area contributed by atoms with Gasteiger partial charge in [-0.05, 0) is 48.0 Å². The molecule has 4 rings (SSSR count). The van der Waals surface area contributed by atoms with Crippen LogP contribution in [0.3, 0.4) is 0 Å². The highest BCUT2D eigenvalue weighted by Crippen LogP contribution is 2.30. The number of hydrogen-bond donors (Lipinski definition) is 1. The van der Waals surface area contributed by atoms with Crippen molar-refractivity contribution in [3.8, 4) is 22.8 Å². The van der Waals surface area contributed by atoms with E-state index in [1.165, 1.54) is 48.6 Å². The van der Waals surface area contributed by atoms with Crippen molar-refractivity contribution < 1.29 is 18.7 Å². The van der Waals surface area contributed by atoms with Gasteiger partial charge < -0.3 is 9.47 Å². The molecule has 3 aromatic carbocycles. The Labute approximate surface area is 231 Å². The van der Waals surface area contributed by atoms with Crippen molar-refractivity contribution in [2.75, 3.05) is 12.9 Å². The van der Waals surface area contributed by atoms with Crippen LogP contribution in [0.2, 0.25) is 10.0 Å². The van der Waals surface area contributed by atoms with Crippen LogP contribution in [0, 0.1) is 5.82 Å². The van der Waals surface area contributed by atoms with Crippen molar-refractivity contribution in [3.63, 3.8) is 0 Å². The van der Waals surface area contributed by atoms with Gasteiger partial charge in [0.25, 0.3) is 5.91 Å². The molecule has 11 heteroatoms. The van der Waals surface area contributed by atoms with E-state index in [0.29, 0.717) is 22.1 Å². The first-order valence-electron chi connectivity index (χ1n) is 10.8. The fourth-order valence-electron chi connectivity index (χ4n) is 3.12. The van der Waals surface area contributed by atoms with Crippen LogP contribution in [0.15, 0.2) is 75.5 Å². The molecule has 0 saturated heterocycles. The minimum Gasteiger partial charge on any atom is -0.493 e. The second-order valence-corrected chi connectivity index (χ2v) is 10.4. The van der Waals surface area contributed by atoms with Crippen molar-refractivity contribution >= 4 is 58.4 Å². The second kappa shape index (κ2) is 12.9. The summed E-state index contributed by atoms with van der Waals surface area (Å²) in [6, 6.07) is 17.0. The van der Waals surface area contributed by atoms with Crippen molar-refractivity contribution in [1.82, 2.24) is 10.4 Å². The number of thioether (sulfide) groups is 1. The lowest BCUT2D eigenvalue weighted by molar-refractivity contribution is -0.118. The molecule has 0 unspecified atom stereocenters. The summed E-state index contributed by atoms with van der Waals surface area (Å²) in [5.41, 5.74) is 5.23. The average Bonchev–Trinajstić information content (AvgIpc) is 3.37. The van der Waals surface area contributed by atoms with Gasteiger partial charge in [0.05, 0.1) is 29.8 Å². The number of amides is 1. The van der Waals surface area contributed by atoms with E-state index in [0.717, 1.165) is 15.6 Å². The van der Waals surface area contributed by atoms with Crippen LogP contribution >= 0.6 is 46.3 Å². The molecule has 1 N–H and O–H groups in total. The standard InChI is InChI=1S/C26H20Cl2FN3O3S2/c1-34-24-11-16(5-10-23(24)35-13-19-20(28)3-2-4-21(19)29)12-30-32-25(33)15-37-26-31-22(14-36-26)17-6-8-18(27)9-7-17/h2-12,14H,13,15H2,1H3,(H,32,33)/b30-12+. The van der Waals surface area contributed by atoms with Gasteiger partial charge in [0.2, 0.25) is 0 Å². The van der Waals surface area contributed by atoms with Gasteiger partial charge in [-0.1, -0.05) is 53.2 Å². The number of hydrazone groups is 1. The lowest BCUT2D eigenvalue weighted by Crippen LogP contribution is -2.19. The zero-order valence-corrected chi connectivity index (χ0v) is 22.6. The maximum atomic E-state index is 14.0. The Balaban J connectivity index is 1.28. The first-order valence-corrected chi connectivity index (χ1v) is 13.4. The Kier molecular flexibility index (Phi) is 9.40. The Morgan fingerprint density at radius 2 is 1.97 bits per heavy atom. The number of benzene rings is 3. The number of thiazole rings is 1. The number of rotatable bonds is 10. The predicted octanol–water partition coefficient (Wildman–Crippen LogP) is 7.09. The number of methoxy groups -OCH3 is 1. The summed E-state index contributed by atoms with van der Waals surface area (Å²) in [4.78, 5) is 16.8. The van der Waals surface area contributed by atoms with Gasteiger partial charge >= 0.3 is 0 Å². The highest BCUT2D eigenvalue weighted by atomic mass is 35.5. The number of carbonyl (C=O) groups is 1. The number of halogens is 3. The molecule has 0 spiro atoms. The Hall–Kier alpha value is -3.11. The summed E-state index contributed by atoms with van der Waals surface area (Å²) in [5, 5.41) is 6.89. The number of nitrogens with zero attached hydrogens (tertiary/aromatic N) is 2. The van der Waals surface area contributed by atoms with E-state index in [1.807, 2.05) is 29.6 Å². The van der Waals surface area contributed by atoms with Crippen molar-refractivity contribution in [2.45, 2.75) is 10.9 Å². The maximum Gasteiger partial charge on any atom is 0.250 e. The SMILES string of the molecule is COc1cc(/C=N/NC(=O)CSc2nc(-c3ccc(Cl)cc3)cs2)ccc1OCc1c(F)cccc1Cl. The minimum absolute atomic E-state index is 0.0523. The van der Waals surface area contributed by atoms with Crippen molar-refractivity contribution in [2.24, 2.45) is 5.10 Å². The molecule has 0 aliphatic rings. The van der Waals surface area contributed by atoms with E-state index in [4.69, 9.17) is 32.7 Å². The minimum atomic E-state index is -0.444. The van der Waals surface area contributed by atoms with Gasteiger partial charge in [0.15, 0.2) is 15.8 Å². The van der Waals surface area contributed by atoms with E-state index < -0.39 is 5.82 Å². The quantitative estimate of drug-likeness (QED) is 0.124. The summed E-state index contributed by atoms with van der Waals surface area (Å²) in [6.45, 7) is -0.0523. The van der Waals surface area contributed by atoms with Crippen LogP contribution in [0.1, 0.15) is 11.1 Å². The summed E-state index contributed by atoms with van der Waals surface area (Å²) in [6.07, 6.45) is 1.49. The normalized spacial score (nSPS) is 11.0.